The fourth-order valence-corrected chi connectivity index (χ4v) is 3.74. The molecule has 28 heavy (non-hydrogen) atoms. The summed E-state index contributed by atoms with van der Waals surface area (Å²) in [5, 5.41) is 4.90. The Morgan fingerprint density at radius 1 is 1.11 bits per heavy atom. The van der Waals surface area contributed by atoms with Crippen LogP contribution in [0.25, 0.3) is 16.1 Å². The van der Waals surface area contributed by atoms with Gasteiger partial charge in [-0.15, -0.1) is 0 Å². The lowest BCUT2D eigenvalue weighted by Crippen LogP contribution is -2.23. The predicted octanol–water partition coefficient (Wildman–Crippen LogP) is 4.78. The highest BCUT2D eigenvalue weighted by molar-refractivity contribution is 5.69. The summed E-state index contributed by atoms with van der Waals surface area (Å²) in [7, 11) is 0. The smallest absolute Gasteiger partial charge is 0.231 e. The van der Waals surface area contributed by atoms with E-state index in [0.29, 0.717) is 18.1 Å². The second kappa shape index (κ2) is 7.24. The Balaban J connectivity index is 1.92. The van der Waals surface area contributed by atoms with Crippen LogP contribution in [0.2, 0.25) is 0 Å². The summed E-state index contributed by atoms with van der Waals surface area (Å²) >= 11 is 0. The standard InChI is InChI=1S/C23H22N4O/c1-15(2)18-19-20(17-12-8-5-9-13-17)26-27(14-16-10-6-4-7-11-16)23(19)28-22(24)21(18)25-3/h4-13,15,18H,14,24H2,1-2H3. The van der Waals surface area contributed by atoms with Crippen LogP contribution in [-0.4, -0.2) is 9.78 Å². The van der Waals surface area contributed by atoms with Gasteiger partial charge in [-0.25, -0.2) is 9.53 Å². The lowest BCUT2D eigenvalue weighted by atomic mass is 9.83. The summed E-state index contributed by atoms with van der Waals surface area (Å²) in [6.45, 7) is 12.4. The van der Waals surface area contributed by atoms with Crippen LogP contribution >= 0.6 is 0 Å². The summed E-state index contributed by atoms with van der Waals surface area (Å²) < 4.78 is 7.82. The first-order chi connectivity index (χ1) is 13.6. The van der Waals surface area contributed by atoms with E-state index in [1.807, 2.05) is 53.2 Å². The Labute approximate surface area is 164 Å². The molecule has 0 saturated carbocycles. The third kappa shape index (κ3) is 3.03. The predicted molar refractivity (Wildman–Crippen MR) is 109 cm³/mol. The molecule has 0 aliphatic carbocycles. The highest BCUT2D eigenvalue weighted by atomic mass is 16.5. The van der Waals surface area contributed by atoms with Gasteiger partial charge >= 0.3 is 0 Å². The topological polar surface area (TPSA) is 57.4 Å². The van der Waals surface area contributed by atoms with Crippen molar-refractivity contribution in [3.63, 3.8) is 0 Å². The number of ether oxygens (including phenoxy) is 1. The first-order valence-electron chi connectivity index (χ1n) is 9.35. The summed E-state index contributed by atoms with van der Waals surface area (Å²) in [5.74, 6) is 0.837. The molecule has 0 amide bonds. The van der Waals surface area contributed by atoms with Crippen LogP contribution in [0.4, 0.5) is 0 Å². The van der Waals surface area contributed by atoms with Crippen LogP contribution in [0.5, 0.6) is 5.88 Å². The number of aromatic nitrogens is 2. The highest BCUT2D eigenvalue weighted by Gasteiger charge is 2.38. The largest absolute Gasteiger partial charge is 0.434 e. The molecule has 0 fully saturated rings. The Hall–Kier alpha value is -3.52. The summed E-state index contributed by atoms with van der Waals surface area (Å²) in [5.41, 5.74) is 10.5. The van der Waals surface area contributed by atoms with Gasteiger partial charge in [-0.1, -0.05) is 74.5 Å². The third-order valence-corrected chi connectivity index (χ3v) is 5.01. The van der Waals surface area contributed by atoms with Crippen molar-refractivity contribution in [1.82, 2.24) is 9.78 Å². The van der Waals surface area contributed by atoms with Gasteiger partial charge in [0.15, 0.2) is 5.88 Å². The maximum Gasteiger partial charge on any atom is 0.231 e. The fraction of sp³-hybridized carbons (Fsp3) is 0.217. The number of allylic oxidation sites excluding steroid dienone is 1. The molecule has 140 valence electrons. The number of nitrogens with two attached hydrogens (primary N) is 1. The lowest BCUT2D eigenvalue weighted by Gasteiger charge is -2.27. The first kappa shape index (κ1) is 17.9. The molecule has 0 bridgehead atoms. The van der Waals surface area contributed by atoms with E-state index in [1.54, 1.807) is 0 Å². The van der Waals surface area contributed by atoms with Crippen LogP contribution in [0.1, 0.15) is 30.9 Å². The lowest BCUT2D eigenvalue weighted by molar-refractivity contribution is 0.337. The van der Waals surface area contributed by atoms with Crippen LogP contribution in [0.3, 0.4) is 0 Å². The maximum absolute atomic E-state index is 7.63. The van der Waals surface area contributed by atoms with E-state index >= 15 is 0 Å². The molecular formula is C23H22N4O. The van der Waals surface area contributed by atoms with E-state index in [1.165, 1.54) is 0 Å². The van der Waals surface area contributed by atoms with Crippen molar-refractivity contribution in [1.29, 1.82) is 0 Å². The van der Waals surface area contributed by atoms with Gasteiger partial charge in [-0.3, -0.25) is 0 Å². The minimum Gasteiger partial charge on any atom is -0.434 e. The second-order valence-corrected chi connectivity index (χ2v) is 7.26. The molecule has 2 aromatic carbocycles. The fourth-order valence-electron chi connectivity index (χ4n) is 3.74. The van der Waals surface area contributed by atoms with Gasteiger partial charge < -0.3 is 10.5 Å². The molecule has 1 aliphatic rings. The number of nitrogens with zero attached hydrogens (tertiary/aromatic N) is 3. The van der Waals surface area contributed by atoms with Gasteiger partial charge in [0.2, 0.25) is 11.6 Å². The summed E-state index contributed by atoms with van der Waals surface area (Å²) in [6, 6.07) is 20.2. The van der Waals surface area contributed by atoms with E-state index in [9.17, 15) is 0 Å². The van der Waals surface area contributed by atoms with Gasteiger partial charge in [-0.05, 0) is 11.5 Å². The summed E-state index contributed by atoms with van der Waals surface area (Å²) in [6.07, 6.45) is 0. The Morgan fingerprint density at radius 3 is 2.36 bits per heavy atom. The molecule has 1 atom stereocenters. The third-order valence-electron chi connectivity index (χ3n) is 5.01. The van der Waals surface area contributed by atoms with Gasteiger partial charge in [0, 0.05) is 17.0 Å². The Kier molecular flexibility index (Phi) is 4.62. The Morgan fingerprint density at radius 2 is 1.75 bits per heavy atom. The minimum absolute atomic E-state index is 0.152. The molecule has 3 aromatic rings. The van der Waals surface area contributed by atoms with Crippen molar-refractivity contribution >= 4 is 0 Å². The normalized spacial score (nSPS) is 15.9. The van der Waals surface area contributed by atoms with E-state index in [2.05, 4.69) is 30.8 Å². The molecule has 5 nitrogen and oxygen atoms in total. The Bertz CT molecular complexity index is 1060. The second-order valence-electron chi connectivity index (χ2n) is 7.26. The number of fused-ring (bicyclic) bond motifs is 1. The van der Waals surface area contributed by atoms with E-state index < -0.39 is 0 Å². The van der Waals surface area contributed by atoms with Crippen molar-refractivity contribution in [2.24, 2.45) is 11.7 Å². The number of benzene rings is 2. The van der Waals surface area contributed by atoms with Crippen LogP contribution in [0, 0.1) is 12.5 Å². The van der Waals surface area contributed by atoms with Crippen molar-refractivity contribution in [2.45, 2.75) is 26.3 Å². The van der Waals surface area contributed by atoms with Crippen molar-refractivity contribution in [2.75, 3.05) is 0 Å². The van der Waals surface area contributed by atoms with E-state index in [4.69, 9.17) is 22.1 Å². The molecule has 1 aliphatic heterocycles. The first-order valence-corrected chi connectivity index (χ1v) is 9.35. The van der Waals surface area contributed by atoms with Gasteiger partial charge in [-0.2, -0.15) is 5.10 Å². The number of hydrogen-bond acceptors (Lipinski definition) is 3. The monoisotopic (exact) mass is 370 g/mol. The number of rotatable bonds is 4. The number of hydrogen-bond donors (Lipinski definition) is 1. The zero-order valence-corrected chi connectivity index (χ0v) is 16.0. The molecule has 2 N–H and O–H groups in total. The van der Waals surface area contributed by atoms with Crippen LogP contribution in [-0.2, 0) is 6.54 Å². The molecule has 1 unspecified atom stereocenters. The zero-order valence-electron chi connectivity index (χ0n) is 16.0. The van der Waals surface area contributed by atoms with Crippen LogP contribution in [0.15, 0.2) is 72.2 Å². The van der Waals surface area contributed by atoms with Crippen molar-refractivity contribution in [3.05, 3.63) is 94.8 Å². The molecule has 0 radical (unpaired) electrons. The van der Waals surface area contributed by atoms with Gasteiger partial charge in [0.25, 0.3) is 0 Å². The van der Waals surface area contributed by atoms with Crippen LogP contribution < -0.4 is 10.5 Å². The molecule has 4 rings (SSSR count). The summed E-state index contributed by atoms with van der Waals surface area (Å²) in [4.78, 5) is 3.70. The van der Waals surface area contributed by atoms with Gasteiger partial charge in [0.1, 0.15) is 0 Å². The molecular weight excluding hydrogens is 348 g/mol. The quantitative estimate of drug-likeness (QED) is 0.673. The molecule has 0 saturated heterocycles. The maximum atomic E-state index is 7.63. The molecule has 1 aromatic heterocycles. The van der Waals surface area contributed by atoms with Crippen molar-refractivity contribution in [3.8, 4) is 17.1 Å². The average Bonchev–Trinajstić information content (AvgIpc) is 3.06. The SMILES string of the molecule is [C-]#[N+]C1=C(N)Oc2c(c(-c3ccccc3)nn2Cc2ccccc2)C1C(C)C. The average molecular weight is 370 g/mol. The minimum atomic E-state index is -0.152. The van der Waals surface area contributed by atoms with Crippen molar-refractivity contribution < 1.29 is 4.74 Å². The zero-order chi connectivity index (χ0) is 19.7. The van der Waals surface area contributed by atoms with Gasteiger partial charge in [0.05, 0.1) is 18.8 Å². The molecule has 5 heteroatoms. The molecule has 0 spiro atoms. The molecule has 2 heterocycles. The highest BCUT2D eigenvalue weighted by Crippen LogP contribution is 2.47. The van der Waals surface area contributed by atoms with E-state index in [0.717, 1.165) is 22.4 Å². The van der Waals surface area contributed by atoms with E-state index in [-0.39, 0.29) is 17.7 Å².